The molecule has 3 heterocycles. The second kappa shape index (κ2) is 8.20. The van der Waals surface area contributed by atoms with E-state index in [1.807, 2.05) is 19.2 Å². The van der Waals surface area contributed by atoms with Gasteiger partial charge in [0.2, 0.25) is 0 Å². The van der Waals surface area contributed by atoms with E-state index in [1.54, 1.807) is 37.6 Å². The van der Waals surface area contributed by atoms with Crippen molar-refractivity contribution < 1.29 is 14.3 Å². The molecule has 3 aromatic rings. The van der Waals surface area contributed by atoms with Crippen LogP contribution in [-0.2, 0) is 11.2 Å². The molecule has 0 fully saturated rings. The van der Waals surface area contributed by atoms with Crippen LogP contribution in [0.25, 0.3) is 21.7 Å². The molecule has 1 aliphatic rings. The van der Waals surface area contributed by atoms with Crippen molar-refractivity contribution in [3.63, 3.8) is 0 Å². The number of ether oxygens (including phenoxy) is 2. The monoisotopic (exact) mass is 452 g/mol. The van der Waals surface area contributed by atoms with Crippen LogP contribution in [0, 0.1) is 12.3 Å². The molecule has 0 N–H and O–H groups in total. The van der Waals surface area contributed by atoms with Crippen molar-refractivity contribution >= 4 is 17.3 Å². The molecule has 32 heavy (non-hydrogen) atoms. The van der Waals surface area contributed by atoms with Crippen LogP contribution in [0.1, 0.15) is 54.7 Å². The lowest BCUT2D eigenvalue weighted by atomic mass is 9.78. The predicted molar refractivity (Wildman–Crippen MR) is 127 cm³/mol. The zero-order valence-electron chi connectivity index (χ0n) is 19.3. The van der Waals surface area contributed by atoms with Crippen LogP contribution in [0.15, 0.2) is 35.4 Å². The van der Waals surface area contributed by atoms with Gasteiger partial charge >= 0.3 is 5.97 Å². The van der Waals surface area contributed by atoms with Crippen molar-refractivity contribution in [2.45, 2.75) is 47.1 Å². The predicted octanol–water partition coefficient (Wildman–Crippen LogP) is 5.28. The summed E-state index contributed by atoms with van der Waals surface area (Å²) < 4.78 is 12.9. The highest BCUT2D eigenvalue weighted by Gasteiger charge is 2.34. The molecule has 0 bridgehead atoms. The molecule has 7 heteroatoms. The molecule has 1 unspecified atom stereocenters. The van der Waals surface area contributed by atoms with E-state index in [0.717, 1.165) is 44.4 Å². The molecule has 0 radical (unpaired) electrons. The number of aromatic nitrogens is 2. The standard InChI is InChI=1S/C25H28N2O4S/c1-7-31-24(29)18-13-27-19(11-20(18)28)16-10-21(30-6)17(22-12-26-14(2)32-22)8-15(16)9-23(27)25(3,4)5/h8,10-13,23H,7,9H2,1-6H3. The maximum absolute atomic E-state index is 12.9. The van der Waals surface area contributed by atoms with E-state index in [9.17, 15) is 9.59 Å². The Bertz CT molecular complexity index is 1250. The van der Waals surface area contributed by atoms with Gasteiger partial charge in [-0.3, -0.25) is 4.79 Å². The van der Waals surface area contributed by atoms with E-state index in [1.165, 1.54) is 0 Å². The summed E-state index contributed by atoms with van der Waals surface area (Å²) in [5.74, 6) is 0.148. The molecule has 0 spiro atoms. The van der Waals surface area contributed by atoms with Gasteiger partial charge < -0.3 is 14.0 Å². The van der Waals surface area contributed by atoms with E-state index < -0.39 is 5.97 Å². The van der Waals surface area contributed by atoms with Gasteiger partial charge in [-0.25, -0.2) is 9.78 Å². The highest BCUT2D eigenvalue weighted by Crippen LogP contribution is 2.46. The second-order valence-corrected chi connectivity index (χ2v) is 10.3. The van der Waals surface area contributed by atoms with Crippen LogP contribution < -0.4 is 10.2 Å². The van der Waals surface area contributed by atoms with Crippen molar-refractivity contribution in [1.82, 2.24) is 9.55 Å². The first-order chi connectivity index (χ1) is 15.1. The Labute approximate surface area is 191 Å². The lowest BCUT2D eigenvalue weighted by Crippen LogP contribution is -2.33. The van der Waals surface area contributed by atoms with Crippen LogP contribution in [0.2, 0.25) is 0 Å². The van der Waals surface area contributed by atoms with Crippen LogP contribution in [0.3, 0.4) is 0 Å². The number of methoxy groups -OCH3 is 1. The Morgan fingerprint density at radius 2 is 2.00 bits per heavy atom. The molecule has 0 amide bonds. The van der Waals surface area contributed by atoms with E-state index in [4.69, 9.17) is 9.47 Å². The number of thiazole rings is 1. The molecule has 6 nitrogen and oxygen atoms in total. The summed E-state index contributed by atoms with van der Waals surface area (Å²) in [4.78, 5) is 30.7. The molecule has 0 saturated heterocycles. The lowest BCUT2D eigenvalue weighted by Gasteiger charge is -2.39. The van der Waals surface area contributed by atoms with Crippen molar-refractivity contribution in [1.29, 1.82) is 0 Å². The smallest absolute Gasteiger partial charge is 0.343 e. The normalized spacial score (nSPS) is 15.1. The van der Waals surface area contributed by atoms with E-state index in [0.29, 0.717) is 0 Å². The number of hydrogen-bond donors (Lipinski definition) is 0. The van der Waals surface area contributed by atoms with Crippen molar-refractivity contribution in [3.8, 4) is 27.4 Å². The van der Waals surface area contributed by atoms with Gasteiger partial charge in [-0.2, -0.15) is 0 Å². The summed E-state index contributed by atoms with van der Waals surface area (Å²) in [6.07, 6.45) is 4.31. The van der Waals surface area contributed by atoms with Crippen molar-refractivity contribution in [2.24, 2.45) is 5.41 Å². The summed E-state index contributed by atoms with van der Waals surface area (Å²) in [5.41, 5.74) is 3.51. The number of carbonyl (C=O) groups excluding carboxylic acids is 1. The number of hydrogen-bond acceptors (Lipinski definition) is 6. The molecular weight excluding hydrogens is 424 g/mol. The molecule has 0 aliphatic carbocycles. The number of fused-ring (bicyclic) bond motifs is 3. The largest absolute Gasteiger partial charge is 0.496 e. The number of pyridine rings is 1. The first-order valence-electron chi connectivity index (χ1n) is 10.7. The molecule has 1 aliphatic heterocycles. The quantitative estimate of drug-likeness (QED) is 0.504. The van der Waals surface area contributed by atoms with Gasteiger partial charge in [0, 0.05) is 35.6 Å². The summed E-state index contributed by atoms with van der Waals surface area (Å²) in [5, 5.41) is 0.996. The lowest BCUT2D eigenvalue weighted by molar-refractivity contribution is 0.0523. The number of carbonyl (C=O) groups is 1. The molecule has 1 atom stereocenters. The minimum absolute atomic E-state index is 0.0585. The van der Waals surface area contributed by atoms with Crippen molar-refractivity contribution in [3.05, 3.63) is 57.0 Å². The van der Waals surface area contributed by atoms with E-state index in [2.05, 4.69) is 36.4 Å². The summed E-state index contributed by atoms with van der Waals surface area (Å²) in [6, 6.07) is 5.77. The van der Waals surface area contributed by atoms with Crippen LogP contribution in [-0.4, -0.2) is 29.2 Å². The number of rotatable bonds is 4. The van der Waals surface area contributed by atoms with Crippen molar-refractivity contribution in [2.75, 3.05) is 13.7 Å². The maximum atomic E-state index is 12.9. The van der Waals surface area contributed by atoms with E-state index >= 15 is 0 Å². The van der Waals surface area contributed by atoms with Gasteiger partial charge in [-0.15, -0.1) is 11.3 Å². The average Bonchev–Trinajstić information content (AvgIpc) is 3.17. The fourth-order valence-corrected chi connectivity index (χ4v) is 5.09. The second-order valence-electron chi connectivity index (χ2n) is 9.10. The molecule has 4 rings (SSSR count). The highest BCUT2D eigenvalue weighted by atomic mass is 32.1. The number of esters is 1. The Hall–Kier alpha value is -2.93. The van der Waals surface area contributed by atoms with Gasteiger partial charge in [0.1, 0.15) is 11.3 Å². The van der Waals surface area contributed by atoms with E-state index in [-0.39, 0.29) is 29.1 Å². The minimum Gasteiger partial charge on any atom is -0.496 e. The molecule has 0 saturated carbocycles. The van der Waals surface area contributed by atoms with Gasteiger partial charge in [-0.05, 0) is 43.4 Å². The topological polar surface area (TPSA) is 70.4 Å². The summed E-state index contributed by atoms with van der Waals surface area (Å²) in [7, 11) is 1.65. The van der Waals surface area contributed by atoms with Crippen LogP contribution >= 0.6 is 11.3 Å². The number of benzene rings is 1. The third-order valence-corrected chi connectivity index (χ3v) is 6.86. The minimum atomic E-state index is -0.584. The Kier molecular flexibility index (Phi) is 5.71. The fourth-order valence-electron chi connectivity index (χ4n) is 4.29. The number of nitrogens with zero attached hydrogens (tertiary/aromatic N) is 2. The summed E-state index contributed by atoms with van der Waals surface area (Å²) in [6.45, 7) is 10.5. The highest BCUT2D eigenvalue weighted by molar-refractivity contribution is 7.15. The van der Waals surface area contributed by atoms with Crippen LogP contribution in [0.5, 0.6) is 5.75 Å². The Morgan fingerprint density at radius 3 is 2.59 bits per heavy atom. The third-order valence-electron chi connectivity index (χ3n) is 5.91. The van der Waals surface area contributed by atoms with Gasteiger partial charge in [0.15, 0.2) is 5.43 Å². The zero-order valence-corrected chi connectivity index (χ0v) is 20.1. The molecular formula is C25H28N2O4S. The van der Waals surface area contributed by atoms with Crippen LogP contribution in [0.4, 0.5) is 0 Å². The van der Waals surface area contributed by atoms with Gasteiger partial charge in [0.05, 0.1) is 29.3 Å². The first kappa shape index (κ1) is 22.3. The number of aryl methyl sites for hydroxylation is 1. The fraction of sp³-hybridized carbons (Fsp3) is 0.400. The Morgan fingerprint density at radius 1 is 1.25 bits per heavy atom. The molecule has 1 aromatic carbocycles. The van der Waals surface area contributed by atoms with Gasteiger partial charge in [0.25, 0.3) is 0 Å². The molecule has 168 valence electrons. The third kappa shape index (κ3) is 3.86. The SMILES string of the molecule is CCOC(=O)c1cn2c(cc1=O)-c1cc(OC)c(-c3cnc(C)s3)cc1CC2C(C)(C)C. The van der Waals surface area contributed by atoms with Gasteiger partial charge in [-0.1, -0.05) is 20.8 Å². The Balaban J connectivity index is 1.96. The first-order valence-corrected chi connectivity index (χ1v) is 11.5. The summed E-state index contributed by atoms with van der Waals surface area (Å²) >= 11 is 1.63. The average molecular weight is 453 g/mol. The molecule has 2 aromatic heterocycles. The zero-order chi connectivity index (χ0) is 23.2. The maximum Gasteiger partial charge on any atom is 0.343 e.